The number of carboxylic acid groups (broad SMARTS) is 1. The maximum atomic E-state index is 14.8. The van der Waals surface area contributed by atoms with E-state index in [-0.39, 0.29) is 36.9 Å². The summed E-state index contributed by atoms with van der Waals surface area (Å²) in [6, 6.07) is 5.92. The van der Waals surface area contributed by atoms with E-state index in [1.54, 1.807) is 23.7 Å². The van der Waals surface area contributed by atoms with E-state index in [4.69, 9.17) is 4.74 Å². The number of anilines is 1. The van der Waals surface area contributed by atoms with Crippen LogP contribution >= 0.6 is 0 Å². The van der Waals surface area contributed by atoms with Crippen LogP contribution in [0.15, 0.2) is 35.1 Å². The number of fused-ring (bicyclic) bond motifs is 1. The maximum Gasteiger partial charge on any atom is 0.326 e. The molecule has 10 heteroatoms. The maximum absolute atomic E-state index is 14.8. The molecular weight excluding hydrogens is 520 g/mol. The molecule has 0 bridgehead atoms. The summed E-state index contributed by atoms with van der Waals surface area (Å²) in [6.07, 6.45) is 0.581. The van der Waals surface area contributed by atoms with E-state index in [2.05, 4.69) is 10.6 Å². The van der Waals surface area contributed by atoms with Gasteiger partial charge in [-0.25, -0.2) is 13.6 Å². The third-order valence-electron chi connectivity index (χ3n) is 7.48. The lowest BCUT2D eigenvalue weighted by Gasteiger charge is -2.19. The van der Waals surface area contributed by atoms with Gasteiger partial charge in [0.25, 0.3) is 11.5 Å². The highest BCUT2D eigenvalue weighted by Crippen LogP contribution is 2.34. The minimum atomic E-state index is -1.46. The number of aryl methyl sites for hydroxylation is 2. The number of halogens is 2. The molecule has 3 aromatic rings. The monoisotopic (exact) mass is 553 g/mol. The van der Waals surface area contributed by atoms with Crippen LogP contribution in [0.25, 0.3) is 11.1 Å². The molecule has 1 aliphatic heterocycles. The number of ether oxygens (including phenoxy) is 1. The summed E-state index contributed by atoms with van der Waals surface area (Å²) in [5.41, 5.74) is 4.18. The number of nitrogens with zero attached hydrogens (tertiary/aromatic N) is 1. The van der Waals surface area contributed by atoms with Crippen molar-refractivity contribution in [2.75, 3.05) is 5.32 Å². The summed E-state index contributed by atoms with van der Waals surface area (Å²) in [5.74, 6) is -4.72. The molecule has 2 atom stereocenters. The van der Waals surface area contributed by atoms with E-state index in [0.717, 1.165) is 40.9 Å². The summed E-state index contributed by atoms with van der Waals surface area (Å²) >= 11 is 0. The average Bonchev–Trinajstić information content (AvgIpc) is 3.38. The van der Waals surface area contributed by atoms with Gasteiger partial charge in [0, 0.05) is 30.9 Å². The van der Waals surface area contributed by atoms with Gasteiger partial charge in [-0.3, -0.25) is 9.59 Å². The van der Waals surface area contributed by atoms with Crippen LogP contribution in [0.4, 0.5) is 14.5 Å². The molecule has 0 aliphatic carbocycles. The van der Waals surface area contributed by atoms with Crippen molar-refractivity contribution in [3.8, 4) is 11.1 Å². The SMILES string of the molecule is CC[C@H](C)Nc1cc(F)c(C(=O)N[C@@H](Cc2ccc(-c3c(C)cc(C)n(C)c3=O)c3c2COC3)C(=O)O)c(F)c1. The van der Waals surface area contributed by atoms with Gasteiger partial charge in [0.15, 0.2) is 0 Å². The molecule has 1 amide bonds. The summed E-state index contributed by atoms with van der Waals surface area (Å²) in [5, 5.41) is 15.1. The zero-order chi connectivity index (χ0) is 29.3. The first-order valence-electron chi connectivity index (χ1n) is 13.1. The van der Waals surface area contributed by atoms with Gasteiger partial charge in [-0.05, 0) is 73.2 Å². The minimum absolute atomic E-state index is 0.0371. The van der Waals surface area contributed by atoms with Crippen LogP contribution in [0, 0.1) is 25.5 Å². The number of hydrogen-bond acceptors (Lipinski definition) is 5. The Balaban J connectivity index is 1.63. The van der Waals surface area contributed by atoms with E-state index >= 15 is 0 Å². The van der Waals surface area contributed by atoms with Crippen LogP contribution < -0.4 is 16.2 Å². The third-order valence-corrected chi connectivity index (χ3v) is 7.48. The van der Waals surface area contributed by atoms with E-state index in [1.165, 1.54) is 0 Å². The third kappa shape index (κ3) is 5.62. The second-order valence-corrected chi connectivity index (χ2v) is 10.3. The van der Waals surface area contributed by atoms with Crippen LogP contribution in [0.1, 0.15) is 58.6 Å². The summed E-state index contributed by atoms with van der Waals surface area (Å²) in [7, 11) is 1.70. The summed E-state index contributed by atoms with van der Waals surface area (Å²) < 4.78 is 36.8. The smallest absolute Gasteiger partial charge is 0.326 e. The Bertz CT molecular complexity index is 1530. The number of hydrogen-bond donors (Lipinski definition) is 3. The van der Waals surface area contributed by atoms with Crippen molar-refractivity contribution < 1.29 is 28.2 Å². The van der Waals surface area contributed by atoms with Crippen molar-refractivity contribution >= 4 is 17.6 Å². The fourth-order valence-corrected chi connectivity index (χ4v) is 4.98. The number of nitrogens with one attached hydrogen (secondary N) is 2. The van der Waals surface area contributed by atoms with Crippen LogP contribution in [-0.4, -0.2) is 33.6 Å². The van der Waals surface area contributed by atoms with Gasteiger partial charge in [-0.2, -0.15) is 0 Å². The molecule has 2 heterocycles. The molecule has 40 heavy (non-hydrogen) atoms. The number of carbonyl (C=O) groups excluding carboxylic acids is 1. The van der Waals surface area contributed by atoms with Crippen LogP contribution in [-0.2, 0) is 36.2 Å². The summed E-state index contributed by atoms with van der Waals surface area (Å²) in [4.78, 5) is 38.1. The second-order valence-electron chi connectivity index (χ2n) is 10.3. The van der Waals surface area contributed by atoms with Gasteiger partial charge in [0.05, 0.1) is 18.8 Å². The van der Waals surface area contributed by atoms with Crippen molar-refractivity contribution in [1.29, 1.82) is 0 Å². The Hall–Kier alpha value is -4.05. The van der Waals surface area contributed by atoms with Crippen molar-refractivity contribution in [3.63, 3.8) is 0 Å². The molecule has 2 aromatic carbocycles. The number of pyridine rings is 1. The quantitative estimate of drug-likeness (QED) is 0.357. The molecule has 0 saturated heterocycles. The number of rotatable bonds is 9. The fraction of sp³-hybridized carbons (Fsp3) is 0.367. The van der Waals surface area contributed by atoms with E-state index in [9.17, 15) is 28.3 Å². The van der Waals surface area contributed by atoms with Gasteiger partial charge in [-0.15, -0.1) is 0 Å². The summed E-state index contributed by atoms with van der Waals surface area (Å²) in [6.45, 7) is 7.93. The second kappa shape index (κ2) is 11.6. The lowest BCUT2D eigenvalue weighted by Crippen LogP contribution is -2.43. The van der Waals surface area contributed by atoms with E-state index in [1.807, 2.05) is 33.8 Å². The van der Waals surface area contributed by atoms with E-state index < -0.39 is 35.1 Å². The van der Waals surface area contributed by atoms with Gasteiger partial charge < -0.3 is 25.0 Å². The average molecular weight is 554 g/mol. The number of aromatic nitrogens is 1. The molecule has 3 N–H and O–H groups in total. The number of carbonyl (C=O) groups is 2. The Morgan fingerprint density at radius 3 is 2.38 bits per heavy atom. The predicted octanol–water partition coefficient (Wildman–Crippen LogP) is 4.61. The van der Waals surface area contributed by atoms with Crippen molar-refractivity contribution in [1.82, 2.24) is 9.88 Å². The Labute approximate surface area is 231 Å². The number of aliphatic carboxylic acids is 1. The highest BCUT2D eigenvalue weighted by Gasteiger charge is 2.29. The molecule has 1 aliphatic rings. The Kier molecular flexibility index (Phi) is 8.39. The van der Waals surface area contributed by atoms with Gasteiger partial charge >= 0.3 is 5.97 Å². The Morgan fingerprint density at radius 2 is 1.75 bits per heavy atom. The van der Waals surface area contributed by atoms with Crippen molar-refractivity contribution in [3.05, 3.63) is 85.8 Å². The molecule has 0 spiro atoms. The minimum Gasteiger partial charge on any atom is -0.480 e. The highest BCUT2D eigenvalue weighted by molar-refractivity contribution is 5.97. The largest absolute Gasteiger partial charge is 0.480 e. The molecular formula is C30H33F2N3O5. The van der Waals surface area contributed by atoms with Crippen molar-refractivity contribution in [2.24, 2.45) is 7.05 Å². The van der Waals surface area contributed by atoms with Crippen molar-refractivity contribution in [2.45, 2.75) is 65.8 Å². The molecule has 8 nitrogen and oxygen atoms in total. The van der Waals surface area contributed by atoms with Crippen LogP contribution in [0.5, 0.6) is 0 Å². The molecule has 0 radical (unpaired) electrons. The van der Waals surface area contributed by atoms with Crippen LogP contribution in [0.2, 0.25) is 0 Å². The fourth-order valence-electron chi connectivity index (χ4n) is 4.98. The highest BCUT2D eigenvalue weighted by atomic mass is 19.1. The van der Waals surface area contributed by atoms with Gasteiger partial charge in [0.1, 0.15) is 23.2 Å². The zero-order valence-corrected chi connectivity index (χ0v) is 23.2. The molecule has 4 rings (SSSR count). The van der Waals surface area contributed by atoms with Crippen LogP contribution in [0.3, 0.4) is 0 Å². The number of benzene rings is 2. The molecule has 1 aromatic heterocycles. The Morgan fingerprint density at radius 1 is 1.10 bits per heavy atom. The molecule has 0 unspecified atom stereocenters. The molecule has 0 fully saturated rings. The topological polar surface area (TPSA) is 110 Å². The zero-order valence-electron chi connectivity index (χ0n) is 23.2. The lowest BCUT2D eigenvalue weighted by atomic mass is 9.90. The molecule has 212 valence electrons. The first-order chi connectivity index (χ1) is 18.9. The number of carboxylic acids is 1. The standard InChI is InChI=1S/C30H33F2N3O5/c1-6-16(3)33-19-11-23(31)27(24(32)12-19)28(36)34-25(30(38)39)10-18-7-8-20(22-14-40-13-21(18)22)26-15(2)9-17(4)35(5)29(26)37/h7-9,11-12,16,25,33H,6,10,13-14H2,1-5H3,(H,34,36)(H,38,39)/t16-,25-/m0/s1. The van der Waals surface area contributed by atoms with Gasteiger partial charge in [-0.1, -0.05) is 19.1 Å². The predicted molar refractivity (Wildman–Crippen MR) is 147 cm³/mol. The first kappa shape index (κ1) is 28.9. The van der Waals surface area contributed by atoms with E-state index in [0.29, 0.717) is 16.7 Å². The number of amides is 1. The first-order valence-corrected chi connectivity index (χ1v) is 13.1. The lowest BCUT2D eigenvalue weighted by molar-refractivity contribution is -0.139. The molecule has 0 saturated carbocycles. The van der Waals surface area contributed by atoms with Gasteiger partial charge in [0.2, 0.25) is 0 Å². The normalized spacial score (nSPS) is 14.0.